The summed E-state index contributed by atoms with van der Waals surface area (Å²) in [6.45, 7) is 4.20. The molecule has 14 heavy (non-hydrogen) atoms. The number of likely N-dealkylation sites (tertiary alicyclic amines) is 1. The Balaban J connectivity index is 2.02. The third-order valence-electron chi connectivity index (χ3n) is 3.21. The van der Waals surface area contributed by atoms with Crippen molar-refractivity contribution in [2.75, 3.05) is 6.54 Å². The first-order valence-electron chi connectivity index (χ1n) is 5.14. The van der Waals surface area contributed by atoms with Gasteiger partial charge in [-0.25, -0.2) is 4.98 Å². The van der Waals surface area contributed by atoms with E-state index in [-0.39, 0.29) is 0 Å². The van der Waals surface area contributed by atoms with Crippen molar-refractivity contribution in [1.29, 1.82) is 0 Å². The Hall–Kier alpha value is -0.870. The molecule has 4 nitrogen and oxygen atoms in total. The van der Waals surface area contributed by atoms with Crippen molar-refractivity contribution >= 4 is 0 Å². The first kappa shape index (κ1) is 9.68. The summed E-state index contributed by atoms with van der Waals surface area (Å²) in [6, 6.07) is 0.807. The fourth-order valence-electron chi connectivity index (χ4n) is 1.98. The highest BCUT2D eigenvalue weighted by molar-refractivity contribution is 4.95. The molecule has 2 unspecified atom stereocenters. The summed E-state index contributed by atoms with van der Waals surface area (Å²) in [5.74, 6) is 1.12. The Morgan fingerprint density at radius 3 is 2.93 bits per heavy atom. The van der Waals surface area contributed by atoms with Gasteiger partial charge in [-0.3, -0.25) is 4.90 Å². The summed E-state index contributed by atoms with van der Waals surface area (Å²) in [7, 11) is 2.03. The van der Waals surface area contributed by atoms with Crippen molar-refractivity contribution in [2.24, 2.45) is 12.8 Å². The summed E-state index contributed by atoms with van der Waals surface area (Å²) in [5.41, 5.74) is 5.97. The van der Waals surface area contributed by atoms with Gasteiger partial charge in [-0.1, -0.05) is 0 Å². The van der Waals surface area contributed by atoms with Crippen LogP contribution in [0.4, 0.5) is 0 Å². The molecule has 1 aliphatic heterocycles. The third kappa shape index (κ3) is 1.67. The summed E-state index contributed by atoms with van der Waals surface area (Å²) in [6.07, 6.45) is 4.93. The predicted molar refractivity (Wildman–Crippen MR) is 55.7 cm³/mol. The zero-order chi connectivity index (χ0) is 10.1. The lowest BCUT2D eigenvalue weighted by Gasteiger charge is -2.22. The van der Waals surface area contributed by atoms with Crippen LogP contribution in [0, 0.1) is 0 Å². The van der Waals surface area contributed by atoms with Crippen molar-refractivity contribution in [1.82, 2.24) is 14.5 Å². The number of nitrogens with zero attached hydrogens (tertiary/aromatic N) is 3. The van der Waals surface area contributed by atoms with Gasteiger partial charge in [-0.05, 0) is 13.3 Å². The Kier molecular flexibility index (Phi) is 2.56. The van der Waals surface area contributed by atoms with Crippen LogP contribution in [0.1, 0.15) is 19.2 Å². The highest BCUT2D eigenvalue weighted by Gasteiger charge is 2.28. The van der Waals surface area contributed by atoms with Crippen molar-refractivity contribution in [3.8, 4) is 0 Å². The quantitative estimate of drug-likeness (QED) is 0.738. The molecule has 2 atom stereocenters. The molecule has 1 saturated heterocycles. The van der Waals surface area contributed by atoms with E-state index in [1.54, 1.807) is 0 Å². The van der Waals surface area contributed by atoms with E-state index in [2.05, 4.69) is 21.4 Å². The van der Waals surface area contributed by atoms with Crippen molar-refractivity contribution < 1.29 is 0 Å². The van der Waals surface area contributed by atoms with Gasteiger partial charge < -0.3 is 10.3 Å². The average molecular weight is 194 g/mol. The number of hydrogen-bond acceptors (Lipinski definition) is 3. The highest BCUT2D eigenvalue weighted by atomic mass is 15.2. The molecule has 2 N–H and O–H groups in total. The van der Waals surface area contributed by atoms with Crippen molar-refractivity contribution in [3.05, 3.63) is 18.2 Å². The largest absolute Gasteiger partial charge is 0.337 e. The van der Waals surface area contributed by atoms with Gasteiger partial charge in [0.05, 0.1) is 6.54 Å². The molecular weight excluding hydrogens is 176 g/mol. The first-order valence-corrected chi connectivity index (χ1v) is 5.14. The Bertz CT molecular complexity index is 307. The van der Waals surface area contributed by atoms with E-state index in [1.165, 1.54) is 0 Å². The topological polar surface area (TPSA) is 47.1 Å². The molecule has 0 saturated carbocycles. The summed E-state index contributed by atoms with van der Waals surface area (Å²) >= 11 is 0. The van der Waals surface area contributed by atoms with Crippen LogP contribution in [0.25, 0.3) is 0 Å². The van der Waals surface area contributed by atoms with Gasteiger partial charge in [-0.2, -0.15) is 0 Å². The Morgan fingerprint density at radius 2 is 2.43 bits per heavy atom. The van der Waals surface area contributed by atoms with Crippen LogP contribution in [-0.4, -0.2) is 33.1 Å². The van der Waals surface area contributed by atoms with E-state index in [1.807, 2.05) is 19.4 Å². The van der Waals surface area contributed by atoms with Gasteiger partial charge in [0.2, 0.25) is 0 Å². The SMILES string of the molecule is CC1C(N)CCN1Cc1nccn1C. The number of hydrogen-bond donors (Lipinski definition) is 1. The second kappa shape index (κ2) is 3.71. The average Bonchev–Trinajstić information content (AvgIpc) is 2.68. The monoisotopic (exact) mass is 194 g/mol. The van der Waals surface area contributed by atoms with Crippen LogP contribution in [0.15, 0.2) is 12.4 Å². The van der Waals surface area contributed by atoms with Crippen LogP contribution in [0.2, 0.25) is 0 Å². The van der Waals surface area contributed by atoms with E-state index >= 15 is 0 Å². The molecular formula is C10H18N4. The van der Waals surface area contributed by atoms with Gasteiger partial charge in [0.15, 0.2) is 0 Å². The lowest BCUT2D eigenvalue weighted by molar-refractivity contribution is 0.243. The third-order valence-corrected chi connectivity index (χ3v) is 3.21. The van der Waals surface area contributed by atoms with Crippen LogP contribution >= 0.6 is 0 Å². The second-order valence-corrected chi connectivity index (χ2v) is 4.12. The normalized spacial score (nSPS) is 28.5. The lowest BCUT2D eigenvalue weighted by Crippen LogP contribution is -2.36. The van der Waals surface area contributed by atoms with Gasteiger partial charge in [0.1, 0.15) is 5.82 Å². The van der Waals surface area contributed by atoms with Crippen LogP contribution in [-0.2, 0) is 13.6 Å². The van der Waals surface area contributed by atoms with E-state index in [0.29, 0.717) is 12.1 Å². The minimum Gasteiger partial charge on any atom is -0.337 e. The summed E-state index contributed by atoms with van der Waals surface area (Å²) < 4.78 is 2.07. The Morgan fingerprint density at radius 1 is 1.64 bits per heavy atom. The maximum atomic E-state index is 5.97. The smallest absolute Gasteiger partial charge is 0.122 e. The highest BCUT2D eigenvalue weighted by Crippen LogP contribution is 2.17. The van der Waals surface area contributed by atoms with Gasteiger partial charge in [0, 0.05) is 38.1 Å². The molecule has 0 aromatic carbocycles. The molecule has 0 radical (unpaired) electrons. The van der Waals surface area contributed by atoms with E-state index < -0.39 is 0 Å². The minimum atomic E-state index is 0.329. The van der Waals surface area contributed by atoms with Crippen LogP contribution in [0.5, 0.6) is 0 Å². The number of nitrogens with two attached hydrogens (primary N) is 1. The molecule has 0 spiro atoms. The molecule has 2 rings (SSSR count). The zero-order valence-corrected chi connectivity index (χ0v) is 8.85. The molecule has 0 bridgehead atoms. The van der Waals surface area contributed by atoms with Crippen LogP contribution in [0.3, 0.4) is 0 Å². The molecule has 1 aromatic heterocycles. The fraction of sp³-hybridized carbons (Fsp3) is 0.700. The van der Waals surface area contributed by atoms with E-state index in [4.69, 9.17) is 5.73 Å². The summed E-state index contributed by atoms with van der Waals surface area (Å²) in [5, 5.41) is 0. The fourth-order valence-corrected chi connectivity index (χ4v) is 1.98. The van der Waals surface area contributed by atoms with Gasteiger partial charge in [-0.15, -0.1) is 0 Å². The summed E-state index contributed by atoms with van der Waals surface area (Å²) in [4.78, 5) is 6.72. The minimum absolute atomic E-state index is 0.329. The molecule has 0 aliphatic carbocycles. The second-order valence-electron chi connectivity index (χ2n) is 4.12. The number of aromatic nitrogens is 2. The lowest BCUT2D eigenvalue weighted by atomic mass is 10.2. The number of rotatable bonds is 2. The molecule has 78 valence electrons. The van der Waals surface area contributed by atoms with Gasteiger partial charge in [0.25, 0.3) is 0 Å². The van der Waals surface area contributed by atoms with Crippen molar-refractivity contribution in [3.63, 3.8) is 0 Å². The molecule has 2 heterocycles. The van der Waals surface area contributed by atoms with Gasteiger partial charge >= 0.3 is 0 Å². The van der Waals surface area contributed by atoms with E-state index in [9.17, 15) is 0 Å². The zero-order valence-electron chi connectivity index (χ0n) is 8.85. The number of aryl methyl sites for hydroxylation is 1. The maximum absolute atomic E-state index is 5.97. The standard InChI is InChI=1S/C10H18N4/c1-8-9(11)3-5-14(8)7-10-12-4-6-13(10)2/h4,6,8-9H,3,5,7,11H2,1-2H3. The first-order chi connectivity index (χ1) is 6.68. The molecule has 0 amide bonds. The van der Waals surface area contributed by atoms with Crippen LogP contribution < -0.4 is 5.73 Å². The molecule has 1 fully saturated rings. The number of imidazole rings is 1. The molecule has 1 aliphatic rings. The Labute approximate surface area is 84.7 Å². The predicted octanol–water partition coefficient (Wildman–Crippen LogP) is 0.342. The van der Waals surface area contributed by atoms with Crippen molar-refractivity contribution in [2.45, 2.75) is 32.0 Å². The van der Waals surface area contributed by atoms with E-state index in [0.717, 1.165) is 25.3 Å². The maximum Gasteiger partial charge on any atom is 0.122 e. The molecule has 4 heteroatoms. The molecule has 1 aromatic rings.